The van der Waals surface area contributed by atoms with Gasteiger partial charge in [-0.1, -0.05) is 0 Å². The monoisotopic (exact) mass is 303 g/mol. The first-order valence-corrected chi connectivity index (χ1v) is 6.64. The fraction of sp³-hybridized carbons (Fsp3) is 0.200. The fourth-order valence-electron chi connectivity index (χ4n) is 2.31. The van der Waals surface area contributed by atoms with E-state index >= 15 is 0 Å². The summed E-state index contributed by atoms with van der Waals surface area (Å²) in [5, 5.41) is 9.61. The van der Waals surface area contributed by atoms with Crippen LogP contribution in [0.1, 0.15) is 22.1 Å². The minimum atomic E-state index is -1.12. The van der Waals surface area contributed by atoms with Crippen LogP contribution in [-0.4, -0.2) is 33.0 Å². The van der Waals surface area contributed by atoms with Crippen LogP contribution in [0.5, 0.6) is 0 Å². The summed E-state index contributed by atoms with van der Waals surface area (Å²) in [6.45, 7) is 0.943. The van der Waals surface area contributed by atoms with Crippen molar-refractivity contribution in [3.05, 3.63) is 53.6 Å². The molecule has 0 unspecified atom stereocenters. The number of benzene rings is 1. The van der Waals surface area contributed by atoms with E-state index in [-0.39, 0.29) is 11.5 Å². The van der Waals surface area contributed by atoms with Crippen molar-refractivity contribution in [1.82, 2.24) is 14.9 Å². The van der Waals surface area contributed by atoms with Gasteiger partial charge in [0.1, 0.15) is 12.1 Å². The number of aromatic nitrogens is 2. The molecular formula is C15H14FN3O3. The van der Waals surface area contributed by atoms with E-state index in [2.05, 4.69) is 9.97 Å². The molecule has 0 saturated carbocycles. The molecule has 22 heavy (non-hydrogen) atoms. The lowest BCUT2D eigenvalue weighted by atomic mass is 10.2. The Labute approximate surface area is 125 Å². The number of nitrogens with one attached hydrogen (secondary N) is 1. The van der Waals surface area contributed by atoms with Crippen molar-refractivity contribution < 1.29 is 18.7 Å². The molecule has 0 spiro atoms. The number of fused-ring (bicyclic) bond motifs is 1. The number of rotatable bonds is 5. The molecule has 0 aliphatic carbocycles. The van der Waals surface area contributed by atoms with E-state index in [0.717, 1.165) is 22.9 Å². The number of carboxylic acid groups (broad SMARTS) is 1. The lowest BCUT2D eigenvalue weighted by Gasteiger charge is -2.12. The molecular weight excluding hydrogens is 289 g/mol. The fourth-order valence-corrected chi connectivity index (χ4v) is 2.31. The SMILES string of the molecule is CN(Cc1cc2cc(F)ccc2[nH]1)Cc1nc(C(=O)O)co1. The molecule has 0 amide bonds. The Morgan fingerprint density at radius 1 is 1.41 bits per heavy atom. The van der Waals surface area contributed by atoms with E-state index in [9.17, 15) is 9.18 Å². The molecule has 0 fully saturated rings. The van der Waals surface area contributed by atoms with Gasteiger partial charge in [0, 0.05) is 23.1 Å². The average molecular weight is 303 g/mol. The number of hydrogen-bond acceptors (Lipinski definition) is 4. The zero-order valence-corrected chi connectivity index (χ0v) is 11.8. The number of nitrogens with zero attached hydrogens (tertiary/aromatic N) is 2. The van der Waals surface area contributed by atoms with E-state index in [0.29, 0.717) is 19.0 Å². The highest BCUT2D eigenvalue weighted by molar-refractivity contribution is 5.84. The number of aromatic carboxylic acids is 1. The minimum Gasteiger partial charge on any atom is -0.476 e. The van der Waals surface area contributed by atoms with Gasteiger partial charge in [-0.25, -0.2) is 14.2 Å². The molecule has 1 aromatic carbocycles. The second-order valence-corrected chi connectivity index (χ2v) is 5.13. The van der Waals surface area contributed by atoms with Crippen molar-refractivity contribution in [1.29, 1.82) is 0 Å². The number of halogens is 1. The van der Waals surface area contributed by atoms with Crippen LogP contribution < -0.4 is 0 Å². The quantitative estimate of drug-likeness (QED) is 0.757. The van der Waals surface area contributed by atoms with Crippen LogP contribution in [0.15, 0.2) is 34.9 Å². The summed E-state index contributed by atoms with van der Waals surface area (Å²) < 4.78 is 18.3. The van der Waals surface area contributed by atoms with Gasteiger partial charge in [0.25, 0.3) is 0 Å². The second kappa shape index (κ2) is 5.61. The Morgan fingerprint density at radius 2 is 2.23 bits per heavy atom. The van der Waals surface area contributed by atoms with Crippen LogP contribution in [0.25, 0.3) is 10.9 Å². The highest BCUT2D eigenvalue weighted by Crippen LogP contribution is 2.18. The number of carboxylic acids is 1. The van der Waals surface area contributed by atoms with E-state index in [1.165, 1.54) is 12.1 Å². The standard InChI is InChI=1S/C15H14FN3O3/c1-19(7-14-18-13(8-22-14)15(20)21)6-11-5-9-4-10(16)2-3-12(9)17-11/h2-5,8,17H,6-7H2,1H3,(H,20,21). The highest BCUT2D eigenvalue weighted by atomic mass is 19.1. The van der Waals surface area contributed by atoms with Gasteiger partial charge < -0.3 is 14.5 Å². The molecule has 0 saturated heterocycles. The molecule has 3 aromatic rings. The first kappa shape index (κ1) is 14.3. The Kier molecular flexibility index (Phi) is 3.64. The minimum absolute atomic E-state index is 0.107. The Hall–Kier alpha value is -2.67. The van der Waals surface area contributed by atoms with Crippen molar-refractivity contribution in [3.63, 3.8) is 0 Å². The summed E-state index contributed by atoms with van der Waals surface area (Å²) in [6, 6.07) is 6.46. The number of hydrogen-bond donors (Lipinski definition) is 2. The summed E-state index contributed by atoms with van der Waals surface area (Å²) in [7, 11) is 1.86. The molecule has 0 radical (unpaired) electrons. The molecule has 2 heterocycles. The topological polar surface area (TPSA) is 82.4 Å². The van der Waals surface area contributed by atoms with Gasteiger partial charge >= 0.3 is 5.97 Å². The first-order chi connectivity index (χ1) is 10.5. The van der Waals surface area contributed by atoms with Crippen LogP contribution in [-0.2, 0) is 13.1 Å². The van der Waals surface area contributed by atoms with E-state index in [4.69, 9.17) is 9.52 Å². The molecule has 114 valence electrons. The maximum Gasteiger partial charge on any atom is 0.357 e. The number of oxazole rings is 1. The van der Waals surface area contributed by atoms with Crippen molar-refractivity contribution in [2.75, 3.05) is 7.05 Å². The summed E-state index contributed by atoms with van der Waals surface area (Å²) >= 11 is 0. The Morgan fingerprint density at radius 3 is 2.95 bits per heavy atom. The van der Waals surface area contributed by atoms with E-state index in [1.807, 2.05) is 18.0 Å². The summed E-state index contributed by atoms with van der Waals surface area (Å²) in [4.78, 5) is 19.7. The lowest BCUT2D eigenvalue weighted by molar-refractivity contribution is 0.0690. The summed E-state index contributed by atoms with van der Waals surface area (Å²) in [5.74, 6) is -1.05. The molecule has 3 rings (SSSR count). The molecule has 0 aliphatic rings. The zero-order valence-electron chi connectivity index (χ0n) is 11.8. The average Bonchev–Trinajstić information content (AvgIpc) is 3.04. The second-order valence-electron chi connectivity index (χ2n) is 5.13. The van der Waals surface area contributed by atoms with Gasteiger partial charge in [-0.05, 0) is 31.3 Å². The van der Waals surface area contributed by atoms with Gasteiger partial charge in [-0.3, -0.25) is 4.90 Å². The van der Waals surface area contributed by atoms with Crippen molar-refractivity contribution in [2.45, 2.75) is 13.1 Å². The van der Waals surface area contributed by atoms with Crippen LogP contribution in [0, 0.1) is 5.82 Å². The van der Waals surface area contributed by atoms with Crippen LogP contribution in [0.2, 0.25) is 0 Å². The van der Waals surface area contributed by atoms with Gasteiger partial charge in [-0.15, -0.1) is 0 Å². The molecule has 2 aromatic heterocycles. The molecule has 7 heteroatoms. The highest BCUT2D eigenvalue weighted by Gasteiger charge is 2.12. The van der Waals surface area contributed by atoms with Crippen molar-refractivity contribution in [3.8, 4) is 0 Å². The predicted octanol–water partition coefficient (Wildman–Crippen LogP) is 2.63. The van der Waals surface area contributed by atoms with Gasteiger partial charge in [0.2, 0.25) is 5.89 Å². The van der Waals surface area contributed by atoms with E-state index < -0.39 is 5.97 Å². The van der Waals surface area contributed by atoms with Gasteiger partial charge in [-0.2, -0.15) is 0 Å². The number of carbonyl (C=O) groups is 1. The van der Waals surface area contributed by atoms with Crippen LogP contribution in [0.3, 0.4) is 0 Å². The van der Waals surface area contributed by atoms with Gasteiger partial charge in [0.05, 0.1) is 6.54 Å². The molecule has 0 aliphatic heterocycles. The third kappa shape index (κ3) is 2.99. The molecule has 6 nitrogen and oxygen atoms in total. The molecule has 2 N–H and O–H groups in total. The zero-order chi connectivity index (χ0) is 15.7. The predicted molar refractivity (Wildman–Crippen MR) is 76.9 cm³/mol. The lowest BCUT2D eigenvalue weighted by Crippen LogP contribution is -2.17. The maximum atomic E-state index is 13.2. The smallest absolute Gasteiger partial charge is 0.357 e. The normalized spacial score (nSPS) is 11.4. The van der Waals surface area contributed by atoms with Crippen molar-refractivity contribution >= 4 is 16.9 Å². The molecule has 0 bridgehead atoms. The summed E-state index contributed by atoms with van der Waals surface area (Å²) in [6.07, 6.45) is 1.12. The van der Waals surface area contributed by atoms with Gasteiger partial charge in [0.15, 0.2) is 5.69 Å². The van der Waals surface area contributed by atoms with E-state index in [1.54, 1.807) is 6.07 Å². The third-order valence-corrected chi connectivity index (χ3v) is 3.25. The molecule has 0 atom stereocenters. The maximum absolute atomic E-state index is 13.2. The largest absolute Gasteiger partial charge is 0.476 e. The van der Waals surface area contributed by atoms with Crippen LogP contribution >= 0.6 is 0 Å². The number of aromatic amines is 1. The Balaban J connectivity index is 1.69. The first-order valence-electron chi connectivity index (χ1n) is 6.64. The van der Waals surface area contributed by atoms with Crippen molar-refractivity contribution in [2.24, 2.45) is 0 Å². The van der Waals surface area contributed by atoms with Crippen LogP contribution in [0.4, 0.5) is 4.39 Å². The Bertz CT molecular complexity index is 824. The number of H-pyrrole nitrogens is 1. The summed E-state index contributed by atoms with van der Waals surface area (Å²) in [5.41, 5.74) is 1.69. The third-order valence-electron chi connectivity index (χ3n) is 3.25.